The Hall–Kier alpha value is -4.75. The van der Waals surface area contributed by atoms with Crippen LogP contribution in [-0.4, -0.2) is 12.3 Å². The highest BCUT2D eigenvalue weighted by Crippen LogP contribution is 2.32. The van der Waals surface area contributed by atoms with Gasteiger partial charge in [0.2, 0.25) is 0 Å². The number of unbranched alkanes of at least 4 members (excludes halogenated alkanes) is 3. The molecule has 0 amide bonds. The maximum Gasteiger partial charge on any atom is 0.0646 e. The minimum absolute atomic E-state index is 0.384. The molecule has 278 valence electrons. The Balaban J connectivity index is 1.83. The standard InChI is InChI=1S/C52H65N/c1-8-13-20-33-50-41-49(32-21-16-17-25-34-51(50)42(6)27-14-9-2)45(12-5)29-24-19-26-39-53-52(40-43(7)46-30-22-18-23-31-46)48-37-35-47(36-38-48)44(11-4)28-15-10-3/h9,11,14,16-19,21-22,24-25,27-30,32-35,37-38,40,47H,2,4,6,8,10,12-13,15,20,23,26,31,36,39,41H2,1,3,5,7H3/b21-16-,24-19-,25-17-,27-14-,43-40+,44-28+,45-29+,49-32-,50-33+,51-34+,53-52+. The minimum atomic E-state index is 0.384. The molecule has 0 saturated carbocycles. The fourth-order valence-corrected chi connectivity index (χ4v) is 6.58. The molecular formula is C52H65N. The van der Waals surface area contributed by atoms with Crippen LogP contribution < -0.4 is 0 Å². The molecule has 0 spiro atoms. The van der Waals surface area contributed by atoms with Gasteiger partial charge in [0, 0.05) is 12.5 Å². The molecule has 53 heavy (non-hydrogen) atoms. The van der Waals surface area contributed by atoms with Crippen molar-refractivity contribution in [2.24, 2.45) is 10.9 Å². The van der Waals surface area contributed by atoms with E-state index in [0.717, 1.165) is 75.6 Å². The third kappa shape index (κ3) is 15.0. The molecule has 0 heterocycles. The Morgan fingerprint density at radius 1 is 0.925 bits per heavy atom. The summed E-state index contributed by atoms with van der Waals surface area (Å²) in [5.74, 6) is 0.384. The van der Waals surface area contributed by atoms with Gasteiger partial charge in [0.15, 0.2) is 0 Å². The second-order valence-electron chi connectivity index (χ2n) is 13.8. The molecule has 0 aliphatic heterocycles. The monoisotopic (exact) mass is 704 g/mol. The first-order valence-corrected chi connectivity index (χ1v) is 20.0. The first-order valence-electron chi connectivity index (χ1n) is 20.0. The van der Waals surface area contributed by atoms with Gasteiger partial charge in [0.25, 0.3) is 0 Å². The summed E-state index contributed by atoms with van der Waals surface area (Å²) in [6.45, 7) is 22.1. The number of allylic oxidation sites excluding steroid dienone is 30. The third-order valence-corrected chi connectivity index (χ3v) is 9.75. The average molecular weight is 704 g/mol. The summed E-state index contributed by atoms with van der Waals surface area (Å²) >= 11 is 0. The second-order valence-corrected chi connectivity index (χ2v) is 13.8. The van der Waals surface area contributed by atoms with E-state index < -0.39 is 0 Å². The van der Waals surface area contributed by atoms with Gasteiger partial charge >= 0.3 is 0 Å². The molecule has 1 atom stereocenters. The number of nitrogens with zero attached hydrogens (tertiary/aromatic N) is 1. The van der Waals surface area contributed by atoms with Gasteiger partial charge in [-0.05, 0) is 115 Å². The van der Waals surface area contributed by atoms with Crippen LogP contribution in [0.2, 0.25) is 0 Å². The van der Waals surface area contributed by atoms with Crippen molar-refractivity contribution in [1.29, 1.82) is 0 Å². The van der Waals surface area contributed by atoms with Gasteiger partial charge in [-0.1, -0.05) is 187 Å². The van der Waals surface area contributed by atoms with E-state index in [2.05, 4.69) is 163 Å². The van der Waals surface area contributed by atoms with Crippen molar-refractivity contribution in [3.05, 3.63) is 204 Å². The molecule has 0 aromatic carbocycles. The van der Waals surface area contributed by atoms with Gasteiger partial charge in [0.05, 0.1) is 5.71 Å². The van der Waals surface area contributed by atoms with Crippen LogP contribution in [0.3, 0.4) is 0 Å². The Bertz CT molecular complexity index is 1730. The molecule has 3 aliphatic carbocycles. The van der Waals surface area contributed by atoms with Crippen molar-refractivity contribution >= 4 is 5.71 Å². The molecular weight excluding hydrogens is 639 g/mol. The van der Waals surface area contributed by atoms with Crippen molar-refractivity contribution in [2.45, 2.75) is 98.3 Å². The number of rotatable bonds is 19. The molecule has 3 rings (SSSR count). The lowest BCUT2D eigenvalue weighted by atomic mass is 9.87. The zero-order valence-corrected chi connectivity index (χ0v) is 33.3. The molecule has 0 aromatic rings. The van der Waals surface area contributed by atoms with Gasteiger partial charge < -0.3 is 0 Å². The van der Waals surface area contributed by atoms with Gasteiger partial charge in [-0.15, -0.1) is 0 Å². The van der Waals surface area contributed by atoms with E-state index in [9.17, 15) is 0 Å². The van der Waals surface area contributed by atoms with Crippen LogP contribution >= 0.6 is 0 Å². The highest BCUT2D eigenvalue weighted by molar-refractivity contribution is 6.11. The Labute approximate surface area is 324 Å². The molecule has 0 bridgehead atoms. The van der Waals surface area contributed by atoms with E-state index in [1.54, 1.807) is 0 Å². The molecule has 1 heteroatoms. The van der Waals surface area contributed by atoms with Crippen molar-refractivity contribution in [3.63, 3.8) is 0 Å². The van der Waals surface area contributed by atoms with Gasteiger partial charge in [-0.3, -0.25) is 4.99 Å². The lowest BCUT2D eigenvalue weighted by molar-refractivity contribution is 0.773. The van der Waals surface area contributed by atoms with Crippen LogP contribution in [0, 0.1) is 5.92 Å². The molecule has 1 nitrogen and oxygen atoms in total. The van der Waals surface area contributed by atoms with E-state index in [1.165, 1.54) is 57.4 Å². The molecule has 3 aliphatic rings. The summed E-state index contributed by atoms with van der Waals surface area (Å²) in [5, 5.41) is 0. The van der Waals surface area contributed by atoms with E-state index in [-0.39, 0.29) is 0 Å². The molecule has 0 saturated heterocycles. The summed E-state index contributed by atoms with van der Waals surface area (Å²) < 4.78 is 0. The predicted molar refractivity (Wildman–Crippen MR) is 238 cm³/mol. The van der Waals surface area contributed by atoms with Crippen molar-refractivity contribution in [1.82, 2.24) is 0 Å². The molecule has 0 radical (unpaired) electrons. The van der Waals surface area contributed by atoms with Crippen LogP contribution in [0.15, 0.2) is 209 Å². The Kier molecular flexibility index (Phi) is 20.3. The smallest absolute Gasteiger partial charge is 0.0646 e. The second kappa shape index (κ2) is 25.3. The SMILES string of the molecule is C=C/C=C\C(=C)/C1=C\C=C/C=C\C=C(/C(=C/C=C\CC/N=C(\C=C(/C)C2=CC=CCC2)C2=CCC(/C(C=C)=C/CCC)C=C2)CC)C\C1=C/CCCC. The van der Waals surface area contributed by atoms with E-state index in [1.807, 2.05) is 18.2 Å². The fraction of sp³-hybridized carbons (Fsp3) is 0.327. The maximum absolute atomic E-state index is 5.19. The summed E-state index contributed by atoms with van der Waals surface area (Å²) in [6.07, 6.45) is 59.8. The zero-order chi connectivity index (χ0) is 38.1. The van der Waals surface area contributed by atoms with Crippen LogP contribution in [-0.2, 0) is 0 Å². The first-order chi connectivity index (χ1) is 25.9. The van der Waals surface area contributed by atoms with E-state index in [4.69, 9.17) is 4.99 Å². The van der Waals surface area contributed by atoms with Gasteiger partial charge in [0.1, 0.15) is 0 Å². The number of hydrogen-bond donors (Lipinski definition) is 0. The first kappa shape index (κ1) is 42.7. The summed E-state index contributed by atoms with van der Waals surface area (Å²) in [7, 11) is 0. The van der Waals surface area contributed by atoms with Crippen LogP contribution in [0.25, 0.3) is 0 Å². The Morgan fingerprint density at radius 3 is 2.42 bits per heavy atom. The molecule has 0 fully saturated rings. The summed E-state index contributed by atoms with van der Waals surface area (Å²) in [6, 6.07) is 0. The van der Waals surface area contributed by atoms with Gasteiger partial charge in [-0.25, -0.2) is 0 Å². The van der Waals surface area contributed by atoms with Crippen LogP contribution in [0.5, 0.6) is 0 Å². The zero-order valence-electron chi connectivity index (χ0n) is 33.3. The van der Waals surface area contributed by atoms with E-state index in [0.29, 0.717) is 5.92 Å². The van der Waals surface area contributed by atoms with Crippen LogP contribution in [0.1, 0.15) is 98.3 Å². The summed E-state index contributed by atoms with van der Waals surface area (Å²) in [4.78, 5) is 5.19. The fourth-order valence-electron chi connectivity index (χ4n) is 6.58. The molecule has 1 unspecified atom stereocenters. The lowest BCUT2D eigenvalue weighted by Crippen LogP contribution is -2.08. The quantitative estimate of drug-likeness (QED) is 0.0721. The highest BCUT2D eigenvalue weighted by Gasteiger charge is 2.15. The maximum atomic E-state index is 5.19. The largest absolute Gasteiger partial charge is 0.284 e. The Morgan fingerprint density at radius 2 is 1.74 bits per heavy atom. The van der Waals surface area contributed by atoms with E-state index >= 15 is 0 Å². The number of hydrogen-bond acceptors (Lipinski definition) is 1. The van der Waals surface area contributed by atoms with Crippen molar-refractivity contribution in [3.8, 4) is 0 Å². The van der Waals surface area contributed by atoms with Crippen molar-refractivity contribution < 1.29 is 0 Å². The van der Waals surface area contributed by atoms with Gasteiger partial charge in [-0.2, -0.15) is 0 Å². The average Bonchev–Trinajstić information content (AvgIpc) is 3.19. The normalized spacial score (nSPS) is 22.9. The summed E-state index contributed by atoms with van der Waals surface area (Å²) in [5.41, 5.74) is 12.5. The highest BCUT2D eigenvalue weighted by atomic mass is 14.7. The molecule has 0 N–H and O–H groups in total. The minimum Gasteiger partial charge on any atom is -0.284 e. The van der Waals surface area contributed by atoms with Crippen molar-refractivity contribution in [2.75, 3.05) is 6.54 Å². The van der Waals surface area contributed by atoms with Crippen LogP contribution in [0.4, 0.5) is 0 Å². The topological polar surface area (TPSA) is 12.4 Å². The third-order valence-electron chi connectivity index (χ3n) is 9.75. The predicted octanol–water partition coefficient (Wildman–Crippen LogP) is 15.1. The molecule has 0 aromatic heterocycles. The number of aliphatic imine (C=N–C) groups is 1. The lowest BCUT2D eigenvalue weighted by Gasteiger charge is -2.18.